The van der Waals surface area contributed by atoms with E-state index >= 15 is 0 Å². The van der Waals surface area contributed by atoms with E-state index in [2.05, 4.69) is 38.5 Å². The molecule has 0 aliphatic rings. The van der Waals surface area contributed by atoms with Crippen molar-refractivity contribution in [3.05, 3.63) is 58.3 Å². The van der Waals surface area contributed by atoms with Gasteiger partial charge in [-0.15, -0.1) is 12.6 Å². The van der Waals surface area contributed by atoms with Gasteiger partial charge in [-0.2, -0.15) is 0 Å². The molecular weight excluding hydrogens is 332 g/mol. The van der Waals surface area contributed by atoms with Gasteiger partial charge in [0.2, 0.25) is 0 Å². The van der Waals surface area contributed by atoms with Gasteiger partial charge in [0.15, 0.2) is 0 Å². The lowest BCUT2D eigenvalue weighted by Crippen LogP contribution is -1.77. The number of pyridine rings is 1. The Labute approximate surface area is 124 Å². The van der Waals surface area contributed by atoms with Crippen molar-refractivity contribution >= 4 is 51.2 Å². The number of nitrogens with zero attached hydrogens (tertiary/aromatic N) is 1. The van der Waals surface area contributed by atoms with Gasteiger partial charge in [0.1, 0.15) is 5.15 Å². The van der Waals surface area contributed by atoms with Gasteiger partial charge in [0.25, 0.3) is 0 Å². The Bertz CT molecular complexity index is 604. The van der Waals surface area contributed by atoms with E-state index in [9.17, 15) is 0 Å². The number of hydrogen-bond donors (Lipinski definition) is 2. The third kappa shape index (κ3) is 3.51. The zero-order valence-electron chi connectivity index (χ0n) is 9.27. The average molecular weight is 342 g/mol. The van der Waals surface area contributed by atoms with Crippen molar-refractivity contribution in [2.45, 2.75) is 4.90 Å². The first kappa shape index (κ1) is 13.5. The van der Waals surface area contributed by atoms with Crippen molar-refractivity contribution in [1.82, 2.24) is 9.97 Å². The van der Waals surface area contributed by atoms with Crippen LogP contribution in [0.25, 0.3) is 11.0 Å². The number of benzene rings is 1. The zero-order valence-corrected chi connectivity index (χ0v) is 12.5. The van der Waals surface area contributed by atoms with E-state index in [1.54, 1.807) is 0 Å². The molecule has 0 fully saturated rings. The highest BCUT2D eigenvalue weighted by molar-refractivity contribution is 9.10. The summed E-state index contributed by atoms with van der Waals surface area (Å²) in [6.45, 7) is 0. The van der Waals surface area contributed by atoms with Crippen molar-refractivity contribution in [3.63, 3.8) is 0 Å². The summed E-state index contributed by atoms with van der Waals surface area (Å²) in [6, 6.07) is 13.6. The predicted octanol–water partition coefficient (Wildman–Crippen LogP) is 4.95. The first-order valence-electron chi connectivity index (χ1n) is 5.20. The topological polar surface area (TPSA) is 28.7 Å². The van der Waals surface area contributed by atoms with Crippen LogP contribution in [0.5, 0.6) is 0 Å². The maximum absolute atomic E-state index is 5.77. The molecule has 0 saturated heterocycles. The van der Waals surface area contributed by atoms with Gasteiger partial charge >= 0.3 is 0 Å². The van der Waals surface area contributed by atoms with Crippen LogP contribution in [-0.2, 0) is 0 Å². The Morgan fingerprint density at radius 3 is 2.50 bits per heavy atom. The second kappa shape index (κ2) is 6.27. The highest BCUT2D eigenvalue weighted by Crippen LogP contribution is 2.23. The second-order valence-electron chi connectivity index (χ2n) is 3.51. The minimum Gasteiger partial charge on any atom is -0.360 e. The molecule has 3 aromatic rings. The molecule has 18 heavy (non-hydrogen) atoms. The molecule has 0 unspecified atom stereocenters. The van der Waals surface area contributed by atoms with Crippen LogP contribution in [0.1, 0.15) is 0 Å². The second-order valence-corrected chi connectivity index (χ2v) is 5.24. The monoisotopic (exact) mass is 340 g/mol. The fourth-order valence-corrected chi connectivity index (χ4v) is 2.00. The van der Waals surface area contributed by atoms with E-state index in [4.69, 9.17) is 11.6 Å². The van der Waals surface area contributed by atoms with Crippen LogP contribution >= 0.6 is 40.2 Å². The minimum absolute atomic E-state index is 0.497. The number of aromatic nitrogens is 2. The van der Waals surface area contributed by atoms with E-state index in [0.29, 0.717) is 5.15 Å². The summed E-state index contributed by atoms with van der Waals surface area (Å²) in [7, 11) is 0. The predicted molar refractivity (Wildman–Crippen MR) is 82.5 cm³/mol. The summed E-state index contributed by atoms with van der Waals surface area (Å²) < 4.78 is 0.814. The zero-order chi connectivity index (χ0) is 13.0. The number of rotatable bonds is 0. The van der Waals surface area contributed by atoms with Crippen molar-refractivity contribution < 1.29 is 0 Å². The Morgan fingerprint density at radius 1 is 1.17 bits per heavy atom. The van der Waals surface area contributed by atoms with E-state index in [1.807, 2.05) is 48.7 Å². The molecule has 0 saturated carbocycles. The van der Waals surface area contributed by atoms with Crippen LogP contribution in [-0.4, -0.2) is 9.97 Å². The van der Waals surface area contributed by atoms with Crippen molar-refractivity contribution in [2.75, 3.05) is 0 Å². The maximum Gasteiger partial charge on any atom is 0.144 e. The highest BCUT2D eigenvalue weighted by Gasteiger charge is 2.01. The van der Waals surface area contributed by atoms with Crippen molar-refractivity contribution in [1.29, 1.82) is 0 Å². The molecule has 1 aromatic carbocycles. The third-order valence-electron chi connectivity index (χ3n) is 2.20. The van der Waals surface area contributed by atoms with Crippen molar-refractivity contribution in [3.8, 4) is 0 Å². The average Bonchev–Trinajstić information content (AvgIpc) is 2.79. The van der Waals surface area contributed by atoms with Gasteiger partial charge in [-0.05, 0) is 40.2 Å². The molecular formula is C13H10BrClN2S. The smallest absolute Gasteiger partial charge is 0.144 e. The lowest BCUT2D eigenvalue weighted by atomic mass is 10.4. The number of H-pyrrole nitrogens is 1. The molecule has 92 valence electrons. The van der Waals surface area contributed by atoms with E-state index in [1.165, 1.54) is 0 Å². The van der Waals surface area contributed by atoms with Crippen LogP contribution in [0, 0.1) is 0 Å². The number of hydrogen-bond acceptors (Lipinski definition) is 2. The molecule has 0 bridgehead atoms. The normalized spacial score (nSPS) is 9.94. The maximum atomic E-state index is 5.77. The Morgan fingerprint density at radius 2 is 1.89 bits per heavy atom. The van der Waals surface area contributed by atoms with Gasteiger partial charge in [-0.3, -0.25) is 0 Å². The van der Waals surface area contributed by atoms with Crippen LogP contribution in [0.3, 0.4) is 0 Å². The summed E-state index contributed by atoms with van der Waals surface area (Å²) in [5.41, 5.74) is 1.87. The van der Waals surface area contributed by atoms with E-state index in [-0.39, 0.29) is 0 Å². The van der Waals surface area contributed by atoms with Gasteiger partial charge < -0.3 is 4.98 Å². The lowest BCUT2D eigenvalue weighted by molar-refractivity contribution is 1.38. The fourth-order valence-electron chi connectivity index (χ4n) is 1.36. The van der Waals surface area contributed by atoms with E-state index < -0.39 is 0 Å². The largest absolute Gasteiger partial charge is 0.360 e. The van der Waals surface area contributed by atoms with E-state index in [0.717, 1.165) is 20.4 Å². The summed E-state index contributed by atoms with van der Waals surface area (Å²) in [5, 5.41) is 0.497. The minimum atomic E-state index is 0.497. The summed E-state index contributed by atoms with van der Waals surface area (Å²) >= 11 is 13.1. The molecule has 0 aliphatic carbocycles. The lowest BCUT2D eigenvalue weighted by Gasteiger charge is -1.93. The molecule has 0 atom stereocenters. The third-order valence-corrected chi connectivity index (χ3v) is 3.62. The molecule has 3 rings (SSSR count). The van der Waals surface area contributed by atoms with Crippen LogP contribution in [0.15, 0.2) is 58.0 Å². The number of halogens is 2. The first-order chi connectivity index (χ1) is 8.66. The molecule has 2 nitrogen and oxygen atoms in total. The first-order valence-corrected chi connectivity index (χ1v) is 6.82. The quantitative estimate of drug-likeness (QED) is 0.439. The van der Waals surface area contributed by atoms with Crippen LogP contribution in [0.4, 0.5) is 0 Å². The van der Waals surface area contributed by atoms with Crippen molar-refractivity contribution in [2.24, 2.45) is 0 Å². The Balaban J connectivity index is 0.000000149. The Kier molecular flexibility index (Phi) is 4.69. The number of nitrogens with one attached hydrogen (secondary N) is 1. The van der Waals surface area contributed by atoms with Gasteiger partial charge in [0.05, 0.1) is 15.5 Å². The standard InChI is InChI=1S/C7H4BrClN2.C6H6S/c8-4-3-6-5(1-2-10-6)11-7(4)9;7-6-4-2-1-3-5-6/h1-3,10H;1-5,7H. The molecule has 0 radical (unpaired) electrons. The molecule has 0 aliphatic heterocycles. The van der Waals surface area contributed by atoms with Gasteiger partial charge in [-0.1, -0.05) is 29.8 Å². The highest BCUT2D eigenvalue weighted by atomic mass is 79.9. The summed E-state index contributed by atoms with van der Waals surface area (Å²) in [6.07, 6.45) is 1.83. The van der Waals surface area contributed by atoms with Gasteiger partial charge in [0, 0.05) is 11.1 Å². The molecule has 0 amide bonds. The molecule has 2 heterocycles. The molecule has 5 heteroatoms. The van der Waals surface area contributed by atoms with Crippen LogP contribution in [0.2, 0.25) is 5.15 Å². The molecule has 2 aromatic heterocycles. The van der Waals surface area contributed by atoms with Gasteiger partial charge in [-0.25, -0.2) is 4.98 Å². The Hall–Kier alpha value is -0.970. The summed E-state index contributed by atoms with van der Waals surface area (Å²) in [5.74, 6) is 0. The number of fused-ring (bicyclic) bond motifs is 1. The summed E-state index contributed by atoms with van der Waals surface area (Å²) in [4.78, 5) is 8.18. The fraction of sp³-hybridized carbons (Fsp3) is 0. The molecule has 0 spiro atoms. The molecule has 1 N–H and O–H groups in total. The SMILES string of the molecule is Clc1nc2cc[nH]c2cc1Br.Sc1ccccc1. The van der Waals surface area contributed by atoms with Crippen LogP contribution < -0.4 is 0 Å². The number of thiol groups is 1. The number of aromatic amines is 1.